The van der Waals surface area contributed by atoms with Crippen LogP contribution in [0.15, 0.2) is 91.0 Å². The number of carboxylic acids is 1. The normalized spacial score (nSPS) is 13.2. The maximum atomic E-state index is 12.6. The summed E-state index contributed by atoms with van der Waals surface area (Å²) in [7, 11) is 0. The van der Waals surface area contributed by atoms with Crippen LogP contribution in [0.25, 0.3) is 0 Å². The summed E-state index contributed by atoms with van der Waals surface area (Å²) < 4.78 is 12.1. The molecule has 11 heteroatoms. The number of rotatable bonds is 9. The number of halogens is 2. The van der Waals surface area contributed by atoms with Crippen molar-refractivity contribution in [2.75, 3.05) is 23.7 Å². The number of hydrogen-bond acceptors (Lipinski definition) is 5. The van der Waals surface area contributed by atoms with Gasteiger partial charge in [0.15, 0.2) is 0 Å². The number of hydrogen-bond donors (Lipinski definition) is 3. The summed E-state index contributed by atoms with van der Waals surface area (Å²) in [5.41, 5.74) is 1.63. The minimum absolute atomic E-state index is 0.0156. The van der Waals surface area contributed by atoms with Crippen molar-refractivity contribution in [2.45, 2.75) is 25.4 Å². The van der Waals surface area contributed by atoms with Gasteiger partial charge in [0.1, 0.15) is 23.4 Å². The Labute approximate surface area is 264 Å². The van der Waals surface area contributed by atoms with E-state index in [1.807, 2.05) is 24.3 Å². The van der Waals surface area contributed by atoms with E-state index in [4.69, 9.17) is 32.7 Å². The fourth-order valence-corrected chi connectivity index (χ4v) is 5.00. The molecule has 226 valence electrons. The summed E-state index contributed by atoms with van der Waals surface area (Å²) in [6.45, 7) is 1.12. The predicted molar refractivity (Wildman–Crippen MR) is 169 cm³/mol. The number of aromatic carboxylic acids is 1. The van der Waals surface area contributed by atoms with Crippen LogP contribution in [-0.2, 0) is 11.2 Å². The van der Waals surface area contributed by atoms with E-state index in [1.165, 1.54) is 6.07 Å². The first-order valence-electron chi connectivity index (χ1n) is 13.9. The zero-order valence-corrected chi connectivity index (χ0v) is 25.0. The van der Waals surface area contributed by atoms with Crippen LogP contribution < -0.4 is 20.1 Å². The van der Waals surface area contributed by atoms with E-state index in [0.29, 0.717) is 58.9 Å². The highest BCUT2D eigenvalue weighted by Gasteiger charge is 2.24. The number of nitrogens with one attached hydrogen (secondary N) is 2. The number of carbonyl (C=O) groups is 3. The lowest BCUT2D eigenvalue weighted by Gasteiger charge is -2.32. The molecule has 1 aliphatic rings. The van der Waals surface area contributed by atoms with Crippen molar-refractivity contribution >= 4 is 52.5 Å². The van der Waals surface area contributed by atoms with Crippen LogP contribution in [0.2, 0.25) is 10.0 Å². The van der Waals surface area contributed by atoms with Crippen molar-refractivity contribution in [3.63, 3.8) is 0 Å². The third-order valence-corrected chi connectivity index (χ3v) is 7.72. The topological polar surface area (TPSA) is 117 Å². The van der Waals surface area contributed by atoms with E-state index in [2.05, 4.69) is 10.6 Å². The maximum Gasteiger partial charge on any atom is 0.337 e. The molecule has 5 rings (SSSR count). The molecule has 0 aliphatic carbocycles. The highest BCUT2D eigenvalue weighted by molar-refractivity contribution is 6.42. The summed E-state index contributed by atoms with van der Waals surface area (Å²) in [5, 5.41) is 15.6. The zero-order valence-electron chi connectivity index (χ0n) is 23.5. The molecule has 0 radical (unpaired) electrons. The van der Waals surface area contributed by atoms with Crippen molar-refractivity contribution in [2.24, 2.45) is 0 Å². The summed E-state index contributed by atoms with van der Waals surface area (Å²) in [5.74, 6) is 0.515. The summed E-state index contributed by atoms with van der Waals surface area (Å²) in [4.78, 5) is 38.2. The number of carboxylic acid groups (broad SMARTS) is 1. The molecule has 3 N–H and O–H groups in total. The predicted octanol–water partition coefficient (Wildman–Crippen LogP) is 7.74. The molecule has 0 bridgehead atoms. The van der Waals surface area contributed by atoms with Crippen molar-refractivity contribution in [1.29, 1.82) is 0 Å². The minimum atomic E-state index is -1.11. The lowest BCUT2D eigenvalue weighted by Crippen LogP contribution is -2.43. The second kappa shape index (κ2) is 14.2. The molecule has 0 unspecified atom stereocenters. The third kappa shape index (κ3) is 8.21. The SMILES string of the molecule is O=C(Cc1ccc(Oc2ccc(OC3CCN(C(=O)Nc4ccc(Cl)c(Cl)c4)CC3)cc2)cc1)Nc1ccccc1C(=O)O. The molecule has 0 spiro atoms. The fraction of sp³-hybridized carbons (Fsp3) is 0.182. The van der Waals surface area contributed by atoms with Gasteiger partial charge < -0.3 is 30.1 Å². The molecule has 3 amide bonds. The van der Waals surface area contributed by atoms with Gasteiger partial charge in [-0.1, -0.05) is 47.5 Å². The average molecular weight is 635 g/mol. The van der Waals surface area contributed by atoms with Crippen LogP contribution in [-0.4, -0.2) is 47.1 Å². The highest BCUT2D eigenvalue weighted by atomic mass is 35.5. The summed E-state index contributed by atoms with van der Waals surface area (Å²) >= 11 is 12.0. The monoisotopic (exact) mass is 633 g/mol. The van der Waals surface area contributed by atoms with Crippen molar-refractivity contribution in [3.8, 4) is 17.2 Å². The van der Waals surface area contributed by atoms with Crippen molar-refractivity contribution < 1.29 is 29.0 Å². The van der Waals surface area contributed by atoms with Gasteiger partial charge in [0.25, 0.3) is 0 Å². The lowest BCUT2D eigenvalue weighted by atomic mass is 10.1. The third-order valence-electron chi connectivity index (χ3n) is 6.98. The Hall–Kier alpha value is -4.73. The number of piperidine rings is 1. The van der Waals surface area contributed by atoms with Gasteiger partial charge in [-0.25, -0.2) is 9.59 Å². The molecule has 1 fully saturated rings. The van der Waals surface area contributed by atoms with Crippen molar-refractivity contribution in [3.05, 3.63) is 112 Å². The van der Waals surface area contributed by atoms with E-state index < -0.39 is 5.97 Å². The van der Waals surface area contributed by atoms with Crippen LogP contribution >= 0.6 is 23.2 Å². The largest absolute Gasteiger partial charge is 0.490 e. The Kier molecular flexibility index (Phi) is 9.89. The Balaban J connectivity index is 1.06. The highest BCUT2D eigenvalue weighted by Crippen LogP contribution is 2.28. The van der Waals surface area contributed by atoms with E-state index in [1.54, 1.807) is 65.6 Å². The van der Waals surface area contributed by atoms with Gasteiger partial charge in [0, 0.05) is 31.6 Å². The number of benzene rings is 4. The number of ether oxygens (including phenoxy) is 2. The van der Waals surface area contributed by atoms with Gasteiger partial charge in [-0.3, -0.25) is 4.79 Å². The van der Waals surface area contributed by atoms with E-state index in [0.717, 1.165) is 5.56 Å². The molecular weight excluding hydrogens is 605 g/mol. The van der Waals surface area contributed by atoms with E-state index in [-0.39, 0.29) is 35.7 Å². The molecule has 9 nitrogen and oxygen atoms in total. The second-order valence-corrected chi connectivity index (χ2v) is 11.0. The molecule has 1 saturated heterocycles. The fourth-order valence-electron chi connectivity index (χ4n) is 4.70. The van der Waals surface area contributed by atoms with Crippen LogP contribution in [0.4, 0.5) is 16.2 Å². The molecule has 4 aromatic rings. The van der Waals surface area contributed by atoms with E-state index >= 15 is 0 Å². The number of carbonyl (C=O) groups excluding carboxylic acids is 2. The standard InChI is InChI=1S/C33H29Cl2N3O6/c34-28-14-7-22(20-29(28)35)36-33(42)38-17-15-26(16-18-38)44-25-12-10-24(11-13-25)43-23-8-5-21(6-9-23)19-31(39)37-30-4-2-1-3-27(30)32(40)41/h1-14,20,26H,15-19H2,(H,36,42)(H,37,39)(H,40,41). The number of amides is 3. The lowest BCUT2D eigenvalue weighted by molar-refractivity contribution is -0.115. The number of nitrogens with zero attached hydrogens (tertiary/aromatic N) is 1. The average Bonchev–Trinajstić information content (AvgIpc) is 3.01. The smallest absolute Gasteiger partial charge is 0.337 e. The first-order chi connectivity index (χ1) is 21.2. The molecule has 1 aliphatic heterocycles. The first-order valence-corrected chi connectivity index (χ1v) is 14.7. The molecule has 44 heavy (non-hydrogen) atoms. The summed E-state index contributed by atoms with van der Waals surface area (Å²) in [6.07, 6.45) is 1.46. The molecule has 1 heterocycles. The van der Waals surface area contributed by atoms with Crippen LogP contribution in [0, 0.1) is 0 Å². The van der Waals surface area contributed by atoms with Gasteiger partial charge in [-0.15, -0.1) is 0 Å². The Morgan fingerprint density at radius 3 is 2.09 bits per heavy atom. The van der Waals surface area contributed by atoms with E-state index in [9.17, 15) is 19.5 Å². The second-order valence-electron chi connectivity index (χ2n) is 10.2. The number of para-hydroxylation sites is 1. The van der Waals surface area contributed by atoms with Gasteiger partial charge in [-0.2, -0.15) is 0 Å². The minimum Gasteiger partial charge on any atom is -0.490 e. The Bertz CT molecular complexity index is 1640. The Morgan fingerprint density at radius 2 is 1.43 bits per heavy atom. The zero-order chi connectivity index (χ0) is 31.1. The van der Waals surface area contributed by atoms with Gasteiger partial charge in [0.2, 0.25) is 5.91 Å². The van der Waals surface area contributed by atoms with Gasteiger partial charge in [-0.05, 0) is 72.3 Å². The number of anilines is 2. The molecule has 0 atom stereocenters. The first kappa shape index (κ1) is 30.7. The quantitative estimate of drug-likeness (QED) is 0.173. The van der Waals surface area contributed by atoms with Crippen LogP contribution in [0.3, 0.4) is 0 Å². The molecule has 4 aromatic carbocycles. The maximum absolute atomic E-state index is 12.6. The number of likely N-dealkylation sites (tertiary alicyclic amines) is 1. The van der Waals surface area contributed by atoms with Gasteiger partial charge in [0.05, 0.1) is 27.7 Å². The van der Waals surface area contributed by atoms with Crippen LogP contribution in [0.5, 0.6) is 17.2 Å². The summed E-state index contributed by atoms with van der Waals surface area (Å²) in [6, 6.07) is 25.5. The number of urea groups is 1. The van der Waals surface area contributed by atoms with Crippen molar-refractivity contribution in [1.82, 2.24) is 4.90 Å². The van der Waals surface area contributed by atoms with Gasteiger partial charge >= 0.3 is 12.0 Å². The molecular formula is C33H29Cl2N3O6. The molecule has 0 saturated carbocycles. The van der Waals surface area contributed by atoms with Crippen LogP contribution in [0.1, 0.15) is 28.8 Å². The molecule has 0 aromatic heterocycles. The Morgan fingerprint density at radius 1 is 0.795 bits per heavy atom.